The summed E-state index contributed by atoms with van der Waals surface area (Å²) in [4.78, 5) is 23.9. The van der Waals surface area contributed by atoms with Crippen molar-refractivity contribution in [2.75, 3.05) is 24.5 Å². The van der Waals surface area contributed by atoms with Crippen molar-refractivity contribution in [1.82, 2.24) is 14.8 Å². The zero-order valence-corrected chi connectivity index (χ0v) is 15.5. The highest BCUT2D eigenvalue weighted by Crippen LogP contribution is 2.37. The van der Waals surface area contributed by atoms with Gasteiger partial charge in [-0.05, 0) is 42.7 Å². The van der Waals surface area contributed by atoms with Crippen molar-refractivity contribution in [2.45, 2.75) is 37.5 Å². The van der Waals surface area contributed by atoms with Gasteiger partial charge in [0.2, 0.25) is 5.91 Å². The molecule has 1 aromatic heterocycles. The average Bonchev–Trinajstić information content (AvgIpc) is 3.39. The van der Waals surface area contributed by atoms with Gasteiger partial charge in [-0.2, -0.15) is 0 Å². The van der Waals surface area contributed by atoms with Gasteiger partial charge < -0.3 is 14.9 Å². The van der Waals surface area contributed by atoms with Gasteiger partial charge in [-0.3, -0.25) is 9.69 Å². The van der Waals surface area contributed by atoms with Gasteiger partial charge in [-0.25, -0.2) is 9.37 Å². The second kappa shape index (κ2) is 6.74. The van der Waals surface area contributed by atoms with Gasteiger partial charge in [0.15, 0.2) is 0 Å². The van der Waals surface area contributed by atoms with Crippen LogP contribution in [-0.4, -0.2) is 63.6 Å². The van der Waals surface area contributed by atoms with Crippen LogP contribution in [0.2, 0.25) is 0 Å². The topological polar surface area (TPSA) is 59.9 Å². The lowest BCUT2D eigenvalue weighted by Crippen LogP contribution is -2.52. The fraction of sp³-hybridized carbons (Fsp3) is 0.429. The van der Waals surface area contributed by atoms with Gasteiger partial charge in [0.05, 0.1) is 12.2 Å². The molecule has 2 bridgehead atoms. The molecule has 3 fully saturated rings. The number of carbonyl (C=O) groups is 1. The number of piperazine rings is 1. The Kier molecular flexibility index (Phi) is 4.19. The Morgan fingerprint density at radius 1 is 1.11 bits per heavy atom. The van der Waals surface area contributed by atoms with Crippen LogP contribution in [0.4, 0.5) is 10.2 Å². The first kappa shape index (κ1) is 17.4. The molecule has 146 valence electrons. The number of amides is 1. The average molecular weight is 382 g/mol. The molecule has 3 atom stereocenters. The van der Waals surface area contributed by atoms with Crippen LogP contribution >= 0.6 is 0 Å². The molecule has 1 aromatic carbocycles. The lowest BCUT2D eigenvalue weighted by molar-refractivity contribution is -0.133. The predicted molar refractivity (Wildman–Crippen MR) is 102 cm³/mol. The normalized spacial score (nSPS) is 27.2. The molecule has 1 N–H and O–H groups in total. The predicted octanol–water partition coefficient (Wildman–Crippen LogP) is 1.99. The number of fused-ring (bicyclic) bond motifs is 2. The lowest BCUT2D eigenvalue weighted by Gasteiger charge is -2.37. The fourth-order valence-electron chi connectivity index (χ4n) is 4.91. The number of pyridine rings is 1. The van der Waals surface area contributed by atoms with Crippen molar-refractivity contribution in [3.8, 4) is 5.75 Å². The van der Waals surface area contributed by atoms with E-state index < -0.39 is 0 Å². The van der Waals surface area contributed by atoms with E-state index in [1.54, 1.807) is 18.2 Å². The Morgan fingerprint density at radius 3 is 2.61 bits per heavy atom. The first-order valence-corrected chi connectivity index (χ1v) is 9.79. The third-order valence-electron chi connectivity index (χ3n) is 6.27. The van der Waals surface area contributed by atoms with Crippen LogP contribution in [0.15, 0.2) is 42.6 Å². The van der Waals surface area contributed by atoms with Crippen LogP contribution in [0.5, 0.6) is 5.75 Å². The number of hydrogen-bond donors (Lipinski definition) is 1. The molecule has 6 nitrogen and oxygen atoms in total. The minimum atomic E-state index is -0.255. The number of aromatic nitrogens is 1. The molecule has 0 radical (unpaired) electrons. The molecule has 1 amide bonds. The maximum absolute atomic E-state index is 13.1. The number of aromatic hydroxyl groups is 1. The summed E-state index contributed by atoms with van der Waals surface area (Å²) in [6.45, 7) is 3.03. The van der Waals surface area contributed by atoms with E-state index in [2.05, 4.69) is 14.8 Å². The number of anilines is 1. The second-order valence-corrected chi connectivity index (χ2v) is 7.96. The molecule has 2 aromatic rings. The largest absolute Gasteiger partial charge is 0.506 e. The van der Waals surface area contributed by atoms with E-state index in [0.717, 1.165) is 43.9 Å². The van der Waals surface area contributed by atoms with Gasteiger partial charge >= 0.3 is 0 Å². The summed E-state index contributed by atoms with van der Waals surface area (Å²) in [6, 6.07) is 10.6. The molecule has 28 heavy (non-hydrogen) atoms. The van der Waals surface area contributed by atoms with Crippen molar-refractivity contribution < 1.29 is 14.3 Å². The van der Waals surface area contributed by atoms with Crippen molar-refractivity contribution in [3.05, 3.63) is 54.0 Å². The summed E-state index contributed by atoms with van der Waals surface area (Å²) < 4.78 is 13.1. The van der Waals surface area contributed by atoms with Crippen LogP contribution in [0.1, 0.15) is 18.4 Å². The minimum Gasteiger partial charge on any atom is -0.506 e. The third-order valence-corrected chi connectivity index (χ3v) is 6.27. The summed E-state index contributed by atoms with van der Waals surface area (Å²) in [5.41, 5.74) is 0.961. The monoisotopic (exact) mass is 382 g/mol. The molecule has 3 saturated heterocycles. The van der Waals surface area contributed by atoms with Gasteiger partial charge in [0.25, 0.3) is 0 Å². The molecule has 4 heterocycles. The van der Waals surface area contributed by atoms with E-state index in [9.17, 15) is 14.3 Å². The summed E-state index contributed by atoms with van der Waals surface area (Å²) >= 11 is 0. The standard InChI is InChI=1S/C21H23FN4O2/c22-15-3-1-14(2-4-15)11-24-8-7-19(21(24)28)25-12-17-9-16(25)13-26(17)20-6-5-18(27)10-23-20/h1-6,10,16-17,19,27H,7-9,11-13H2/t16-,17-,19+/m0/s1. The molecule has 7 heteroatoms. The highest BCUT2D eigenvalue weighted by atomic mass is 19.1. The van der Waals surface area contributed by atoms with E-state index in [1.165, 1.54) is 18.3 Å². The van der Waals surface area contributed by atoms with Crippen molar-refractivity contribution in [1.29, 1.82) is 0 Å². The number of benzene rings is 1. The molecule has 3 aliphatic rings. The summed E-state index contributed by atoms with van der Waals surface area (Å²) in [7, 11) is 0. The van der Waals surface area contributed by atoms with E-state index in [1.807, 2.05) is 11.0 Å². The Labute approximate surface area is 163 Å². The maximum atomic E-state index is 13.1. The first-order valence-electron chi connectivity index (χ1n) is 9.79. The van der Waals surface area contributed by atoms with Gasteiger partial charge in [0.1, 0.15) is 17.4 Å². The van der Waals surface area contributed by atoms with Crippen LogP contribution in [0.3, 0.4) is 0 Å². The summed E-state index contributed by atoms with van der Waals surface area (Å²) in [5, 5.41) is 9.44. The number of likely N-dealkylation sites (tertiary alicyclic amines) is 2. The van der Waals surface area contributed by atoms with Crippen molar-refractivity contribution in [3.63, 3.8) is 0 Å². The van der Waals surface area contributed by atoms with Crippen molar-refractivity contribution in [2.24, 2.45) is 0 Å². The number of hydrogen-bond acceptors (Lipinski definition) is 5. The number of carbonyl (C=O) groups excluding carboxylic acids is 1. The summed E-state index contributed by atoms with van der Waals surface area (Å²) in [6.07, 6.45) is 3.37. The van der Waals surface area contributed by atoms with Crippen molar-refractivity contribution >= 4 is 11.7 Å². The van der Waals surface area contributed by atoms with E-state index in [0.29, 0.717) is 18.6 Å². The summed E-state index contributed by atoms with van der Waals surface area (Å²) in [5.74, 6) is 0.995. The van der Waals surface area contributed by atoms with Crippen LogP contribution in [-0.2, 0) is 11.3 Å². The zero-order valence-electron chi connectivity index (χ0n) is 15.5. The number of halogens is 1. The quantitative estimate of drug-likeness (QED) is 0.876. The lowest BCUT2D eigenvalue weighted by atomic mass is 10.1. The molecule has 0 aliphatic carbocycles. The van der Waals surface area contributed by atoms with Gasteiger partial charge in [0, 0.05) is 38.3 Å². The first-order chi connectivity index (χ1) is 13.6. The highest BCUT2D eigenvalue weighted by Gasteiger charge is 2.49. The van der Waals surface area contributed by atoms with E-state index in [4.69, 9.17) is 0 Å². The smallest absolute Gasteiger partial charge is 0.240 e. The Morgan fingerprint density at radius 2 is 1.93 bits per heavy atom. The molecule has 3 aliphatic heterocycles. The number of rotatable bonds is 4. The van der Waals surface area contributed by atoms with Gasteiger partial charge in [-0.15, -0.1) is 0 Å². The SMILES string of the molecule is O=C1[C@H](N2C[C@@H]3C[C@H]2CN3c2ccc(O)cn2)CCN1Cc1ccc(F)cc1. The molecule has 5 rings (SSSR count). The third kappa shape index (κ3) is 2.99. The fourth-order valence-corrected chi connectivity index (χ4v) is 4.91. The Hall–Kier alpha value is -2.67. The molecule has 0 unspecified atom stereocenters. The Balaban J connectivity index is 1.23. The second-order valence-electron chi connectivity index (χ2n) is 7.96. The van der Waals surface area contributed by atoms with E-state index >= 15 is 0 Å². The molecular formula is C21H23FN4O2. The molecule has 0 spiro atoms. The van der Waals surface area contributed by atoms with E-state index in [-0.39, 0.29) is 23.5 Å². The van der Waals surface area contributed by atoms with Crippen LogP contribution in [0.25, 0.3) is 0 Å². The van der Waals surface area contributed by atoms with Crippen LogP contribution in [0, 0.1) is 5.82 Å². The Bertz CT molecular complexity index is 873. The molecule has 0 saturated carbocycles. The highest BCUT2D eigenvalue weighted by molar-refractivity contribution is 5.84. The zero-order chi connectivity index (χ0) is 19.3. The minimum absolute atomic E-state index is 0.0506. The molecular weight excluding hydrogens is 359 g/mol. The van der Waals surface area contributed by atoms with Gasteiger partial charge in [-0.1, -0.05) is 12.1 Å². The number of nitrogens with zero attached hydrogens (tertiary/aromatic N) is 4. The maximum Gasteiger partial charge on any atom is 0.240 e. The van der Waals surface area contributed by atoms with Crippen LogP contribution < -0.4 is 4.90 Å².